The third-order valence-electron chi connectivity index (χ3n) is 2.64. The van der Waals surface area contributed by atoms with Crippen LogP contribution in [0.4, 0.5) is 0 Å². The molecule has 3 heteroatoms. The molecule has 0 saturated carbocycles. The number of aliphatic hydroxyl groups excluding tert-OH is 1. The van der Waals surface area contributed by atoms with Crippen LogP contribution in [0.25, 0.3) is 0 Å². The van der Waals surface area contributed by atoms with Crippen molar-refractivity contribution in [1.29, 1.82) is 0 Å². The van der Waals surface area contributed by atoms with E-state index in [4.69, 9.17) is 4.74 Å². The first-order valence-electron chi connectivity index (χ1n) is 6.50. The minimum atomic E-state index is -0.440. The Labute approximate surface area is 110 Å². The molecule has 0 heterocycles. The van der Waals surface area contributed by atoms with Crippen molar-refractivity contribution < 1.29 is 15.2 Å². The third kappa shape index (κ3) is 6.03. The van der Waals surface area contributed by atoms with Gasteiger partial charge < -0.3 is 15.2 Å². The highest BCUT2D eigenvalue weighted by molar-refractivity contribution is 5.32. The Bertz CT molecular complexity index is 362. The predicted molar refractivity (Wildman–Crippen MR) is 74.0 cm³/mol. The van der Waals surface area contributed by atoms with Gasteiger partial charge in [-0.1, -0.05) is 6.07 Å². The largest absolute Gasteiger partial charge is 0.491 e. The number of hydrogen-bond donors (Lipinski definition) is 2. The fraction of sp³-hybridized carbons (Fsp3) is 0.600. The highest BCUT2D eigenvalue weighted by Gasteiger charge is 2.16. The summed E-state index contributed by atoms with van der Waals surface area (Å²) in [5.74, 6) is 0.835. The number of quaternary nitrogens is 1. The maximum Gasteiger partial charge on any atom is 0.137 e. The molecule has 102 valence electrons. The third-order valence-corrected chi connectivity index (χ3v) is 2.64. The summed E-state index contributed by atoms with van der Waals surface area (Å²) in [6.45, 7) is 11.5. The molecular formula is C15H26NO2+. The van der Waals surface area contributed by atoms with Crippen molar-refractivity contribution >= 4 is 0 Å². The van der Waals surface area contributed by atoms with Gasteiger partial charge in [0.1, 0.15) is 25.0 Å². The molecule has 0 amide bonds. The van der Waals surface area contributed by atoms with Crippen molar-refractivity contribution in [3.63, 3.8) is 0 Å². The summed E-state index contributed by atoms with van der Waals surface area (Å²) in [7, 11) is 0. The molecule has 0 aliphatic heterocycles. The van der Waals surface area contributed by atoms with Gasteiger partial charge in [-0.3, -0.25) is 0 Å². The van der Waals surface area contributed by atoms with Crippen LogP contribution in [0.3, 0.4) is 0 Å². The van der Waals surface area contributed by atoms with Gasteiger partial charge in [-0.05, 0) is 57.9 Å². The highest BCUT2D eigenvalue weighted by atomic mass is 16.5. The zero-order valence-corrected chi connectivity index (χ0v) is 12.2. The van der Waals surface area contributed by atoms with E-state index < -0.39 is 6.10 Å². The maximum atomic E-state index is 9.86. The van der Waals surface area contributed by atoms with Crippen LogP contribution in [-0.4, -0.2) is 29.9 Å². The Balaban J connectivity index is 2.40. The van der Waals surface area contributed by atoms with Crippen molar-refractivity contribution in [2.24, 2.45) is 0 Å². The number of rotatable bonds is 5. The van der Waals surface area contributed by atoms with Crippen molar-refractivity contribution in [3.8, 4) is 5.75 Å². The lowest BCUT2D eigenvalue weighted by atomic mass is 10.1. The first-order valence-corrected chi connectivity index (χ1v) is 6.50. The Kier molecular flexibility index (Phi) is 5.17. The molecule has 1 aromatic rings. The Morgan fingerprint density at radius 3 is 2.22 bits per heavy atom. The molecule has 3 N–H and O–H groups in total. The van der Waals surface area contributed by atoms with Crippen LogP contribution in [0.15, 0.2) is 18.2 Å². The van der Waals surface area contributed by atoms with Crippen molar-refractivity contribution in [1.82, 2.24) is 0 Å². The molecule has 1 atom stereocenters. The molecule has 0 aromatic heterocycles. The summed E-state index contributed by atoms with van der Waals surface area (Å²) in [6.07, 6.45) is -0.440. The van der Waals surface area contributed by atoms with Crippen molar-refractivity contribution in [2.45, 2.75) is 46.3 Å². The second kappa shape index (κ2) is 6.21. The molecule has 1 rings (SSSR count). The van der Waals surface area contributed by atoms with E-state index in [1.165, 1.54) is 11.1 Å². The molecule has 0 aliphatic carbocycles. The van der Waals surface area contributed by atoms with Gasteiger partial charge in [-0.25, -0.2) is 0 Å². The summed E-state index contributed by atoms with van der Waals surface area (Å²) >= 11 is 0. The molecule has 0 radical (unpaired) electrons. The van der Waals surface area contributed by atoms with Crippen LogP contribution in [-0.2, 0) is 0 Å². The second-order valence-electron chi connectivity index (χ2n) is 6.09. The zero-order chi connectivity index (χ0) is 13.8. The first kappa shape index (κ1) is 15.0. The molecule has 0 bridgehead atoms. The van der Waals surface area contributed by atoms with E-state index in [9.17, 15) is 5.11 Å². The minimum Gasteiger partial charge on any atom is -0.491 e. The number of ether oxygens (including phenoxy) is 1. The van der Waals surface area contributed by atoms with Gasteiger partial charge in [0, 0.05) is 0 Å². The smallest absolute Gasteiger partial charge is 0.137 e. The lowest BCUT2D eigenvalue weighted by Crippen LogP contribution is -2.96. The normalized spacial score (nSPS) is 13.4. The topological polar surface area (TPSA) is 46.1 Å². The summed E-state index contributed by atoms with van der Waals surface area (Å²) in [6, 6.07) is 6.09. The number of aryl methyl sites for hydroxylation is 2. The number of nitrogens with two attached hydrogens (primary N) is 1. The van der Waals surface area contributed by atoms with Gasteiger partial charge in [0.2, 0.25) is 0 Å². The van der Waals surface area contributed by atoms with Gasteiger partial charge in [0.15, 0.2) is 0 Å². The van der Waals surface area contributed by atoms with Crippen LogP contribution in [0, 0.1) is 13.8 Å². The van der Waals surface area contributed by atoms with E-state index in [0.29, 0.717) is 13.2 Å². The van der Waals surface area contributed by atoms with Crippen LogP contribution >= 0.6 is 0 Å². The molecule has 0 saturated heterocycles. The molecule has 0 spiro atoms. The molecule has 0 aliphatic rings. The van der Waals surface area contributed by atoms with Crippen molar-refractivity contribution in [2.75, 3.05) is 13.2 Å². The van der Waals surface area contributed by atoms with Gasteiger partial charge in [0.25, 0.3) is 0 Å². The van der Waals surface area contributed by atoms with Gasteiger partial charge in [-0.2, -0.15) is 0 Å². The standard InChI is InChI=1S/C15H25NO2/c1-11-6-12(2)8-14(7-11)18-10-13(17)9-16-15(3,4)5/h6-8,13,16-17H,9-10H2,1-5H3/p+1/t13-/m1/s1. The lowest BCUT2D eigenvalue weighted by Gasteiger charge is -2.19. The summed E-state index contributed by atoms with van der Waals surface area (Å²) in [5.41, 5.74) is 2.50. The van der Waals surface area contributed by atoms with Crippen molar-refractivity contribution in [3.05, 3.63) is 29.3 Å². The molecule has 1 aromatic carbocycles. The van der Waals surface area contributed by atoms with E-state index in [0.717, 1.165) is 5.75 Å². The van der Waals surface area contributed by atoms with Crippen LogP contribution < -0.4 is 10.1 Å². The van der Waals surface area contributed by atoms with E-state index in [-0.39, 0.29) is 5.54 Å². The number of hydrogen-bond acceptors (Lipinski definition) is 2. The second-order valence-corrected chi connectivity index (χ2v) is 6.09. The van der Waals surface area contributed by atoms with E-state index in [2.05, 4.69) is 32.2 Å². The summed E-state index contributed by atoms with van der Waals surface area (Å²) < 4.78 is 5.62. The van der Waals surface area contributed by atoms with E-state index >= 15 is 0 Å². The predicted octanol–water partition coefficient (Wildman–Crippen LogP) is 1.41. The number of aliphatic hydroxyl groups is 1. The Morgan fingerprint density at radius 1 is 1.17 bits per heavy atom. The molecule has 0 unspecified atom stereocenters. The number of benzene rings is 1. The highest BCUT2D eigenvalue weighted by Crippen LogP contribution is 2.16. The van der Waals surface area contributed by atoms with Gasteiger partial charge >= 0.3 is 0 Å². The monoisotopic (exact) mass is 252 g/mol. The summed E-state index contributed by atoms with van der Waals surface area (Å²) in [4.78, 5) is 0. The van der Waals surface area contributed by atoms with Gasteiger partial charge in [-0.15, -0.1) is 0 Å². The summed E-state index contributed by atoms with van der Waals surface area (Å²) in [5, 5.41) is 12.0. The lowest BCUT2D eigenvalue weighted by molar-refractivity contribution is -0.722. The first-order chi connectivity index (χ1) is 8.26. The zero-order valence-electron chi connectivity index (χ0n) is 12.2. The quantitative estimate of drug-likeness (QED) is 0.832. The minimum absolute atomic E-state index is 0.140. The Morgan fingerprint density at radius 2 is 1.72 bits per heavy atom. The van der Waals surface area contributed by atoms with E-state index in [1.807, 2.05) is 26.0 Å². The van der Waals surface area contributed by atoms with Gasteiger partial charge in [0.05, 0.1) is 5.54 Å². The Hall–Kier alpha value is -1.06. The van der Waals surface area contributed by atoms with E-state index in [1.54, 1.807) is 0 Å². The molecule has 18 heavy (non-hydrogen) atoms. The average molecular weight is 252 g/mol. The molecule has 3 nitrogen and oxygen atoms in total. The van der Waals surface area contributed by atoms with Crippen LogP contribution in [0.5, 0.6) is 5.75 Å². The average Bonchev–Trinajstić information content (AvgIpc) is 2.21. The fourth-order valence-electron chi connectivity index (χ4n) is 1.77. The van der Waals surface area contributed by atoms with Crippen LogP contribution in [0.2, 0.25) is 0 Å². The van der Waals surface area contributed by atoms with Crippen LogP contribution in [0.1, 0.15) is 31.9 Å². The molecule has 0 fully saturated rings. The molecular weight excluding hydrogens is 226 g/mol. The fourth-order valence-corrected chi connectivity index (χ4v) is 1.77. The SMILES string of the molecule is Cc1cc(C)cc(OC[C@H](O)C[NH2+]C(C)(C)C)c1. The maximum absolute atomic E-state index is 9.86.